The molecule has 0 bridgehead atoms. The molecule has 3 aliphatic rings. The minimum absolute atomic E-state index is 0. The first kappa shape index (κ1) is 60.9. The molecule has 0 radical (unpaired) electrons. The average Bonchev–Trinajstić information content (AvgIpc) is 3.88. The van der Waals surface area contributed by atoms with Crippen LogP contribution in [0.15, 0.2) is 85.0 Å². The first-order valence-electron chi connectivity index (χ1n) is 20.8. The van der Waals surface area contributed by atoms with E-state index >= 15 is 0 Å². The van der Waals surface area contributed by atoms with Gasteiger partial charge in [0, 0.05) is 0 Å². The summed E-state index contributed by atoms with van der Waals surface area (Å²) in [6.07, 6.45) is 16.9. The predicted molar refractivity (Wildman–Crippen MR) is 249 cm³/mol. The molecule has 0 atom stereocenters. The number of hydrogen-bond acceptors (Lipinski definition) is 6. The van der Waals surface area contributed by atoms with Crippen molar-refractivity contribution in [2.75, 3.05) is 79.3 Å². The Hall–Kier alpha value is -0.0665. The van der Waals surface area contributed by atoms with Crippen LogP contribution in [-0.4, -0.2) is 95.8 Å². The summed E-state index contributed by atoms with van der Waals surface area (Å²) < 4.78 is 32.0. The molecule has 1 aliphatic heterocycles. The van der Waals surface area contributed by atoms with Gasteiger partial charge in [-0.25, -0.2) is 24.3 Å². The Balaban J connectivity index is 0.000000780. The number of ether oxygens (including phenoxy) is 6. The summed E-state index contributed by atoms with van der Waals surface area (Å²) in [4.78, 5) is 9.72. The van der Waals surface area contributed by atoms with Gasteiger partial charge in [-0.05, 0) is 16.5 Å². The maximum atomic E-state index is 5.33. The molecule has 3 aromatic carbocycles. The van der Waals surface area contributed by atoms with E-state index in [-0.39, 0.29) is 101 Å². The Bertz CT molecular complexity index is 1560. The van der Waals surface area contributed by atoms with E-state index in [9.17, 15) is 0 Å². The molecule has 330 valence electrons. The van der Waals surface area contributed by atoms with E-state index in [4.69, 9.17) is 38.4 Å². The Morgan fingerprint density at radius 3 is 1.02 bits per heavy atom. The fraction of sp³-hybridized carbons (Fsp3) is 0.500. The van der Waals surface area contributed by atoms with E-state index in [0.29, 0.717) is 89.4 Å². The molecule has 0 saturated carbocycles. The smallest absolute Gasteiger partial charge is 0.708 e. The van der Waals surface area contributed by atoms with E-state index in [2.05, 4.69) is 153 Å². The molecule has 2 aliphatic carbocycles. The molecule has 0 spiro atoms. The molecule has 0 amide bonds. The number of rotatable bonds is 4. The molecule has 0 aromatic heterocycles. The summed E-state index contributed by atoms with van der Waals surface area (Å²) in [5.74, 6) is 0. The summed E-state index contributed by atoms with van der Waals surface area (Å²) in [5, 5.41) is 3.30. The monoisotopic (exact) mass is 1010 g/mol. The third-order valence-corrected chi connectivity index (χ3v) is 19.6. The molecule has 0 N–H and O–H groups in total. The predicted octanol–water partition coefficient (Wildman–Crippen LogP) is 7.42. The topological polar surface area (TPSA) is 83.6 Å². The second-order valence-corrected chi connectivity index (χ2v) is 27.0. The molecule has 13 heteroatoms. The molecule has 1 fully saturated rings. The normalized spacial score (nSPS) is 16.2. The van der Waals surface area contributed by atoms with Crippen molar-refractivity contribution in [3.8, 4) is 0 Å². The minimum atomic E-state index is -1.48. The first-order valence-corrected chi connectivity index (χ1v) is 26.7. The molecule has 1 saturated heterocycles. The summed E-state index contributed by atoms with van der Waals surface area (Å²) >= 11 is 0. The summed E-state index contributed by atoms with van der Waals surface area (Å²) in [5.41, 5.74) is 4.91. The van der Waals surface area contributed by atoms with Crippen LogP contribution in [-0.2, 0) is 78.2 Å². The molecule has 8 nitrogen and oxygen atoms in total. The van der Waals surface area contributed by atoms with Gasteiger partial charge in [0.25, 0.3) is 0 Å². The quantitative estimate of drug-likeness (QED) is 0.200. The number of benzene rings is 1. The van der Waals surface area contributed by atoms with Gasteiger partial charge in [-0.2, -0.15) is 58.0 Å². The Labute approximate surface area is 450 Å². The van der Waals surface area contributed by atoms with Gasteiger partial charge in [-0.1, -0.05) is 77.8 Å². The van der Waals surface area contributed by atoms with Crippen LogP contribution < -0.4 is 61.8 Å². The fourth-order valence-corrected chi connectivity index (χ4v) is 7.32. The maximum absolute atomic E-state index is 5.33. The first-order chi connectivity index (χ1) is 27.6. The second-order valence-electron chi connectivity index (χ2n) is 17.3. The number of fused-ring (bicyclic) bond motifs is 2. The van der Waals surface area contributed by atoms with Crippen molar-refractivity contribution in [2.24, 2.45) is 0 Å². The summed E-state index contributed by atoms with van der Waals surface area (Å²) in [6, 6.07) is 21.0. The van der Waals surface area contributed by atoms with Crippen LogP contribution in [0.5, 0.6) is 0 Å². The van der Waals surface area contributed by atoms with Crippen molar-refractivity contribution in [3.63, 3.8) is 0 Å². The second kappa shape index (κ2) is 32.6. The van der Waals surface area contributed by atoms with Crippen LogP contribution in [0.4, 0.5) is 11.4 Å². The molecule has 3 aromatic rings. The van der Waals surface area contributed by atoms with Crippen molar-refractivity contribution >= 4 is 40.0 Å². The SMILES string of the molecule is C1=C[CH-]c2cc3c(cc2=C1)[CH-]C=CC=3.C1COCCOCCOCCOCCOCCO1.CC(C)(C)[Si](C)(C)[N-]c1ccc[cH-]1.CC(C)(C)[Si](C)(C)[N-]c1ccc[cH-]1.[Fe+2].[K+].[Y+3]. The standard InChI is InChI=1S/C14H10.C12H24O6.2C11H19NSi.Fe.K.Y/c1-2-6-12-10-14-8-4-3-7-13(14)9-11(12)5-1;1-2-14-5-6-16-9-10-18-12-11-17-8-7-15-4-3-13-1;2*1-11(2,3)13(4,5)12-10-8-6-7-9-10;;;/h1-10H;1-12H2;2*6-9H,1-5H3;;;/q-2;;2*-2;+2;+1;+3. The molecule has 61 heavy (non-hydrogen) atoms. The van der Waals surface area contributed by atoms with Crippen molar-refractivity contribution in [3.05, 3.63) is 129 Å². The van der Waals surface area contributed by atoms with E-state index in [1.807, 2.05) is 24.3 Å². The maximum Gasteiger partial charge on any atom is 3.00 e. The van der Waals surface area contributed by atoms with E-state index < -0.39 is 16.5 Å². The minimum Gasteiger partial charge on any atom is -0.708 e. The van der Waals surface area contributed by atoms with E-state index in [1.54, 1.807) is 0 Å². The zero-order valence-corrected chi connectivity index (χ0v) is 48.2. The zero-order valence-electron chi connectivity index (χ0n) is 39.2. The number of hydrogen-bond donors (Lipinski definition) is 0. The van der Waals surface area contributed by atoms with Crippen LogP contribution in [0.25, 0.3) is 22.1 Å². The molecule has 6 rings (SSSR count). The molecular weight excluding hydrogens is 941 g/mol. The Morgan fingerprint density at radius 1 is 0.508 bits per heavy atom. The molecular formula is C48H72FeKN2O6Si2Y. The summed E-state index contributed by atoms with van der Waals surface area (Å²) in [7, 11) is -2.97. The van der Waals surface area contributed by atoms with Gasteiger partial charge in [0.05, 0.1) is 79.3 Å². The third-order valence-electron chi connectivity index (χ3n) is 10.6. The Kier molecular flexibility index (Phi) is 32.5. The van der Waals surface area contributed by atoms with Gasteiger partial charge in [0.1, 0.15) is 0 Å². The van der Waals surface area contributed by atoms with E-state index in [0.717, 1.165) is 11.4 Å². The van der Waals surface area contributed by atoms with Crippen LogP contribution in [0.3, 0.4) is 0 Å². The van der Waals surface area contributed by atoms with Crippen LogP contribution >= 0.6 is 0 Å². The largest absolute Gasteiger partial charge is 3.00 e. The van der Waals surface area contributed by atoms with Crippen molar-refractivity contribution in [2.45, 2.75) is 77.8 Å². The number of allylic oxidation sites excluding steroid dienone is 4. The fourth-order valence-electron chi connectivity index (χ4n) is 5.06. The van der Waals surface area contributed by atoms with Gasteiger partial charge < -0.3 is 38.4 Å². The van der Waals surface area contributed by atoms with E-state index in [1.165, 1.54) is 21.6 Å². The van der Waals surface area contributed by atoms with Gasteiger partial charge in [-0.15, -0.1) is 49.3 Å². The van der Waals surface area contributed by atoms with Crippen molar-refractivity contribution < 1.29 is 130 Å². The van der Waals surface area contributed by atoms with Crippen LogP contribution in [0.1, 0.15) is 52.7 Å². The van der Waals surface area contributed by atoms with Gasteiger partial charge in [-0.3, -0.25) is 11.4 Å². The average molecular weight is 1010 g/mol. The molecule has 0 unspecified atom stereocenters. The summed E-state index contributed by atoms with van der Waals surface area (Å²) in [6.45, 7) is 30.0. The van der Waals surface area contributed by atoms with Gasteiger partial charge in [0.2, 0.25) is 0 Å². The van der Waals surface area contributed by atoms with Gasteiger partial charge in [0.15, 0.2) is 0 Å². The zero-order chi connectivity index (χ0) is 42.3. The van der Waals surface area contributed by atoms with Gasteiger partial charge >= 0.3 is 101 Å². The number of nitrogens with zero attached hydrogens (tertiary/aromatic N) is 2. The Morgan fingerprint density at radius 2 is 0.787 bits per heavy atom. The molecule has 1 heterocycles. The third kappa shape index (κ3) is 24.9. The van der Waals surface area contributed by atoms with Crippen molar-refractivity contribution in [1.29, 1.82) is 0 Å². The van der Waals surface area contributed by atoms with Crippen molar-refractivity contribution in [1.82, 2.24) is 0 Å². The van der Waals surface area contributed by atoms with Crippen LogP contribution in [0, 0.1) is 12.8 Å². The van der Waals surface area contributed by atoms with Crippen LogP contribution in [0.2, 0.25) is 36.3 Å².